The second-order valence-corrected chi connectivity index (χ2v) is 6.22. The number of benzene rings is 2. The number of carbonyl (C=O) groups excluding carboxylic acids is 1. The third-order valence-corrected chi connectivity index (χ3v) is 4.11. The summed E-state index contributed by atoms with van der Waals surface area (Å²) < 4.78 is 1.83. The first-order chi connectivity index (χ1) is 12.0. The van der Waals surface area contributed by atoms with Gasteiger partial charge in [0.05, 0.1) is 13.1 Å². The van der Waals surface area contributed by atoms with Crippen molar-refractivity contribution in [1.29, 1.82) is 0 Å². The Morgan fingerprint density at radius 2 is 1.84 bits per heavy atom. The van der Waals surface area contributed by atoms with Crippen molar-refractivity contribution in [3.05, 3.63) is 89.7 Å². The van der Waals surface area contributed by atoms with Gasteiger partial charge in [0.25, 0.3) is 5.91 Å². The summed E-state index contributed by atoms with van der Waals surface area (Å²) in [5.41, 5.74) is 1.28. The highest BCUT2D eigenvalue weighted by Crippen LogP contribution is 2.19. The summed E-state index contributed by atoms with van der Waals surface area (Å²) in [5, 5.41) is 17.5. The van der Waals surface area contributed by atoms with Crippen molar-refractivity contribution < 1.29 is 9.90 Å². The zero-order valence-corrected chi connectivity index (χ0v) is 14.1. The molecule has 1 amide bonds. The fourth-order valence-electron chi connectivity index (χ4n) is 2.60. The van der Waals surface area contributed by atoms with Gasteiger partial charge < -0.3 is 10.4 Å². The predicted molar refractivity (Wildman–Crippen MR) is 96.1 cm³/mol. The molecule has 128 valence electrons. The molecular weight excluding hydrogens is 314 g/mol. The van der Waals surface area contributed by atoms with E-state index in [1.165, 1.54) is 0 Å². The summed E-state index contributed by atoms with van der Waals surface area (Å²) in [5.74, 6) is -0.207. The Balaban J connectivity index is 1.59. The first-order valence-electron chi connectivity index (χ1n) is 8.17. The summed E-state index contributed by atoms with van der Waals surface area (Å²) in [6, 6.07) is 18.6. The Labute approximate surface area is 146 Å². The molecule has 2 N–H and O–H groups in total. The molecule has 0 fully saturated rings. The smallest absolute Gasteiger partial charge is 0.251 e. The molecule has 0 spiro atoms. The fourth-order valence-corrected chi connectivity index (χ4v) is 2.60. The minimum absolute atomic E-state index is 0.144. The summed E-state index contributed by atoms with van der Waals surface area (Å²) >= 11 is 0. The molecule has 0 radical (unpaired) electrons. The van der Waals surface area contributed by atoms with Gasteiger partial charge in [-0.2, -0.15) is 5.10 Å². The summed E-state index contributed by atoms with van der Waals surface area (Å²) in [6.45, 7) is 2.50. The molecule has 1 atom stereocenters. The van der Waals surface area contributed by atoms with E-state index in [0.29, 0.717) is 12.1 Å². The Morgan fingerprint density at radius 3 is 2.48 bits per heavy atom. The quantitative estimate of drug-likeness (QED) is 0.727. The maximum absolute atomic E-state index is 12.3. The maximum atomic E-state index is 12.3. The van der Waals surface area contributed by atoms with Crippen LogP contribution in [0.15, 0.2) is 73.1 Å². The van der Waals surface area contributed by atoms with E-state index in [2.05, 4.69) is 10.4 Å². The number of amides is 1. The lowest BCUT2D eigenvalue weighted by Gasteiger charge is -2.24. The molecule has 0 aliphatic rings. The normalized spacial score (nSPS) is 13.2. The molecule has 0 aliphatic heterocycles. The van der Waals surface area contributed by atoms with Crippen LogP contribution < -0.4 is 5.32 Å². The van der Waals surface area contributed by atoms with E-state index in [1.807, 2.05) is 59.4 Å². The lowest BCUT2D eigenvalue weighted by molar-refractivity contribution is 0.0526. The van der Waals surface area contributed by atoms with Crippen molar-refractivity contribution in [2.24, 2.45) is 0 Å². The van der Waals surface area contributed by atoms with Gasteiger partial charge >= 0.3 is 0 Å². The van der Waals surface area contributed by atoms with Crippen LogP contribution in [0.2, 0.25) is 0 Å². The zero-order valence-electron chi connectivity index (χ0n) is 14.1. The molecule has 3 aromatic rings. The summed E-state index contributed by atoms with van der Waals surface area (Å²) in [6.07, 6.45) is 3.63. The van der Waals surface area contributed by atoms with E-state index in [0.717, 1.165) is 11.1 Å². The predicted octanol–water partition coefficient (Wildman–Crippen LogP) is 2.57. The van der Waals surface area contributed by atoms with Crippen LogP contribution in [0.25, 0.3) is 0 Å². The third-order valence-electron chi connectivity index (χ3n) is 4.11. The number of hydrogen-bond acceptors (Lipinski definition) is 3. The van der Waals surface area contributed by atoms with Gasteiger partial charge in [-0.3, -0.25) is 9.48 Å². The lowest BCUT2D eigenvalue weighted by Crippen LogP contribution is -2.38. The molecule has 2 aromatic carbocycles. The number of carbonyl (C=O) groups is 1. The highest BCUT2D eigenvalue weighted by atomic mass is 16.3. The Morgan fingerprint density at radius 1 is 1.12 bits per heavy atom. The van der Waals surface area contributed by atoms with E-state index >= 15 is 0 Å². The number of hydrogen-bond donors (Lipinski definition) is 2. The molecule has 1 aromatic heterocycles. The standard InChI is InChI=1S/C20H21N3O2/c1-20(25,18-6-3-2-4-7-18)15-21-19(24)17-10-8-16(9-11-17)14-23-13-5-12-22-23/h2-13,25H,14-15H2,1H3,(H,21,24). The van der Waals surface area contributed by atoms with Crippen LogP contribution in [0.4, 0.5) is 0 Å². The van der Waals surface area contributed by atoms with Crippen LogP contribution in [0.1, 0.15) is 28.4 Å². The van der Waals surface area contributed by atoms with Crippen LogP contribution in [0.5, 0.6) is 0 Å². The van der Waals surface area contributed by atoms with Crippen LogP contribution in [0.3, 0.4) is 0 Å². The van der Waals surface area contributed by atoms with Gasteiger partial charge in [0.1, 0.15) is 5.60 Å². The Kier molecular flexibility index (Phi) is 4.95. The topological polar surface area (TPSA) is 67.2 Å². The molecule has 0 bridgehead atoms. The van der Waals surface area contributed by atoms with Crippen LogP contribution in [0, 0.1) is 0 Å². The third kappa shape index (κ3) is 4.33. The van der Waals surface area contributed by atoms with Crippen LogP contribution >= 0.6 is 0 Å². The van der Waals surface area contributed by atoms with Gasteiger partial charge in [0.15, 0.2) is 0 Å². The van der Waals surface area contributed by atoms with E-state index in [9.17, 15) is 9.90 Å². The minimum Gasteiger partial charge on any atom is -0.384 e. The van der Waals surface area contributed by atoms with Gasteiger partial charge in [0, 0.05) is 18.0 Å². The number of nitrogens with zero attached hydrogens (tertiary/aromatic N) is 2. The lowest BCUT2D eigenvalue weighted by atomic mass is 9.96. The molecule has 5 nitrogen and oxygen atoms in total. The van der Waals surface area contributed by atoms with E-state index in [-0.39, 0.29) is 12.5 Å². The molecule has 5 heteroatoms. The van der Waals surface area contributed by atoms with Crippen molar-refractivity contribution in [2.45, 2.75) is 19.1 Å². The van der Waals surface area contributed by atoms with Gasteiger partial charge in [-0.15, -0.1) is 0 Å². The average molecular weight is 335 g/mol. The first-order valence-corrected chi connectivity index (χ1v) is 8.17. The second kappa shape index (κ2) is 7.32. The van der Waals surface area contributed by atoms with Gasteiger partial charge in [-0.1, -0.05) is 42.5 Å². The zero-order chi connectivity index (χ0) is 17.7. The van der Waals surface area contributed by atoms with Crippen LogP contribution in [-0.4, -0.2) is 27.3 Å². The Bertz CT molecular complexity index is 810. The molecular formula is C20H21N3O2. The first kappa shape index (κ1) is 16.9. The molecule has 1 unspecified atom stereocenters. The number of nitrogens with one attached hydrogen (secondary N) is 1. The molecule has 0 aliphatic carbocycles. The molecule has 25 heavy (non-hydrogen) atoms. The molecule has 0 saturated carbocycles. The molecule has 1 heterocycles. The second-order valence-electron chi connectivity index (χ2n) is 6.22. The average Bonchev–Trinajstić information content (AvgIpc) is 3.14. The number of rotatable bonds is 6. The van der Waals surface area contributed by atoms with E-state index < -0.39 is 5.60 Å². The van der Waals surface area contributed by atoms with Gasteiger partial charge in [-0.05, 0) is 36.2 Å². The maximum Gasteiger partial charge on any atom is 0.251 e. The van der Waals surface area contributed by atoms with Crippen molar-refractivity contribution in [3.63, 3.8) is 0 Å². The molecule has 0 saturated heterocycles. The fraction of sp³-hybridized carbons (Fsp3) is 0.200. The monoisotopic (exact) mass is 335 g/mol. The highest BCUT2D eigenvalue weighted by Gasteiger charge is 2.23. The van der Waals surface area contributed by atoms with Gasteiger partial charge in [-0.25, -0.2) is 0 Å². The van der Waals surface area contributed by atoms with Crippen molar-refractivity contribution >= 4 is 5.91 Å². The van der Waals surface area contributed by atoms with E-state index in [4.69, 9.17) is 0 Å². The van der Waals surface area contributed by atoms with Gasteiger partial charge in [0.2, 0.25) is 0 Å². The Hall–Kier alpha value is -2.92. The van der Waals surface area contributed by atoms with Crippen molar-refractivity contribution in [3.8, 4) is 0 Å². The number of aliphatic hydroxyl groups is 1. The summed E-state index contributed by atoms with van der Waals surface area (Å²) in [4.78, 5) is 12.3. The largest absolute Gasteiger partial charge is 0.384 e. The minimum atomic E-state index is -1.11. The number of aromatic nitrogens is 2. The molecule has 3 rings (SSSR count). The SMILES string of the molecule is CC(O)(CNC(=O)c1ccc(Cn2cccn2)cc1)c1ccccc1. The van der Waals surface area contributed by atoms with Crippen molar-refractivity contribution in [2.75, 3.05) is 6.54 Å². The van der Waals surface area contributed by atoms with Crippen LogP contribution in [-0.2, 0) is 12.1 Å². The summed E-state index contributed by atoms with van der Waals surface area (Å²) in [7, 11) is 0. The van der Waals surface area contributed by atoms with Crippen molar-refractivity contribution in [1.82, 2.24) is 15.1 Å². The van der Waals surface area contributed by atoms with E-state index in [1.54, 1.807) is 25.3 Å². The highest BCUT2D eigenvalue weighted by molar-refractivity contribution is 5.94.